The number of rotatable bonds is 6. The molecule has 1 N–H and O–H groups in total. The topological polar surface area (TPSA) is 98.5 Å². The Morgan fingerprint density at radius 1 is 0.970 bits per heavy atom. The molecule has 0 bridgehead atoms. The number of aryl methyl sites for hydroxylation is 1. The average molecular weight is 442 g/mol. The number of carbonyl (C=O) groups excluding carboxylic acids is 2. The van der Waals surface area contributed by atoms with Crippen molar-refractivity contribution >= 4 is 17.4 Å². The number of esters is 1. The maximum Gasteiger partial charge on any atom is 0.334 e. The number of nitro groups is 1. The van der Waals surface area contributed by atoms with Crippen molar-refractivity contribution in [2.24, 2.45) is 0 Å². The Kier molecular flexibility index (Phi) is 5.89. The average Bonchev–Trinajstić information content (AvgIpc) is 3.26. The van der Waals surface area contributed by atoms with Crippen LogP contribution in [0.3, 0.4) is 0 Å². The summed E-state index contributed by atoms with van der Waals surface area (Å²) in [7, 11) is 1.29. The molecule has 2 atom stereocenters. The van der Waals surface area contributed by atoms with Gasteiger partial charge < -0.3 is 4.74 Å². The Labute approximate surface area is 190 Å². The van der Waals surface area contributed by atoms with E-state index in [1.165, 1.54) is 19.2 Å². The molecule has 0 saturated carbocycles. The smallest absolute Gasteiger partial charge is 0.334 e. The minimum atomic E-state index is -1.39. The molecule has 0 aromatic heterocycles. The lowest BCUT2D eigenvalue weighted by atomic mass is 9.89. The van der Waals surface area contributed by atoms with Crippen LogP contribution in [-0.2, 0) is 15.1 Å². The lowest BCUT2D eigenvalue weighted by Crippen LogP contribution is -2.46. The number of Topliss-reactive ketones (excluding diaryl/α,β-unsaturated/α-hetero) is 1. The predicted octanol–water partition coefficient (Wildman–Crippen LogP) is 4.43. The second kappa shape index (κ2) is 8.80. The summed E-state index contributed by atoms with van der Waals surface area (Å²) in [5, 5.41) is 14.4. The van der Waals surface area contributed by atoms with Crippen LogP contribution >= 0.6 is 0 Å². The van der Waals surface area contributed by atoms with Crippen LogP contribution in [0.5, 0.6) is 0 Å². The van der Waals surface area contributed by atoms with Crippen LogP contribution in [-0.4, -0.2) is 23.8 Å². The van der Waals surface area contributed by atoms with E-state index in [9.17, 15) is 19.7 Å². The summed E-state index contributed by atoms with van der Waals surface area (Å²) in [6, 6.07) is 21.4. The van der Waals surface area contributed by atoms with E-state index in [0.717, 1.165) is 5.56 Å². The predicted molar refractivity (Wildman–Crippen MR) is 123 cm³/mol. The summed E-state index contributed by atoms with van der Waals surface area (Å²) in [6.45, 7) is 1.93. The minimum absolute atomic E-state index is 0.0607. The molecule has 3 aromatic rings. The van der Waals surface area contributed by atoms with E-state index in [4.69, 9.17) is 4.74 Å². The molecule has 0 amide bonds. The molecule has 0 aliphatic carbocycles. The third-order valence-corrected chi connectivity index (χ3v) is 5.80. The number of methoxy groups -OCH3 is 1. The Morgan fingerprint density at radius 3 is 2.18 bits per heavy atom. The first-order valence-electron chi connectivity index (χ1n) is 10.4. The van der Waals surface area contributed by atoms with Crippen molar-refractivity contribution in [2.75, 3.05) is 7.11 Å². The molecule has 33 heavy (non-hydrogen) atoms. The zero-order valence-corrected chi connectivity index (χ0v) is 18.1. The minimum Gasteiger partial charge on any atom is -0.467 e. The van der Waals surface area contributed by atoms with Crippen LogP contribution in [0.4, 0.5) is 5.69 Å². The normalized spacial score (nSPS) is 19.6. The fourth-order valence-corrected chi connectivity index (χ4v) is 4.05. The van der Waals surface area contributed by atoms with Crippen molar-refractivity contribution in [2.45, 2.75) is 18.5 Å². The van der Waals surface area contributed by atoms with Gasteiger partial charge in [0.25, 0.3) is 5.69 Å². The first-order chi connectivity index (χ1) is 15.9. The van der Waals surface area contributed by atoms with Gasteiger partial charge in [0.1, 0.15) is 0 Å². The number of nitro benzene ring substituents is 1. The zero-order chi connectivity index (χ0) is 23.6. The first-order valence-corrected chi connectivity index (χ1v) is 10.4. The molecule has 0 spiro atoms. The molecule has 4 rings (SSSR count). The number of nitrogens with zero attached hydrogens (tertiary/aromatic N) is 1. The summed E-state index contributed by atoms with van der Waals surface area (Å²) < 4.78 is 5.13. The van der Waals surface area contributed by atoms with Crippen molar-refractivity contribution in [3.63, 3.8) is 0 Å². The number of hydrogen-bond acceptors (Lipinski definition) is 6. The van der Waals surface area contributed by atoms with Crippen molar-refractivity contribution in [1.82, 2.24) is 5.32 Å². The van der Waals surface area contributed by atoms with E-state index < -0.39 is 22.5 Å². The highest BCUT2D eigenvalue weighted by Crippen LogP contribution is 2.41. The Hall–Kier alpha value is -4.10. The second-order valence-corrected chi connectivity index (χ2v) is 7.89. The van der Waals surface area contributed by atoms with E-state index in [1.54, 1.807) is 54.6 Å². The van der Waals surface area contributed by atoms with E-state index in [-0.39, 0.29) is 11.5 Å². The van der Waals surface area contributed by atoms with Gasteiger partial charge in [-0.3, -0.25) is 20.2 Å². The third kappa shape index (κ3) is 4.06. The highest BCUT2D eigenvalue weighted by molar-refractivity contribution is 6.11. The van der Waals surface area contributed by atoms with Gasteiger partial charge in [-0.25, -0.2) is 4.79 Å². The zero-order valence-electron chi connectivity index (χ0n) is 18.1. The van der Waals surface area contributed by atoms with E-state index >= 15 is 0 Å². The van der Waals surface area contributed by atoms with Gasteiger partial charge in [0, 0.05) is 23.3 Å². The summed E-state index contributed by atoms with van der Waals surface area (Å²) in [6.07, 6.45) is 1.61. The number of non-ortho nitro benzene ring substituents is 1. The van der Waals surface area contributed by atoms with Crippen molar-refractivity contribution < 1.29 is 19.2 Å². The highest BCUT2D eigenvalue weighted by atomic mass is 16.6. The SMILES string of the molecule is COC(=O)[C@]1(c2ccccc2)C=C(C(=O)c2ccc(C)cc2)[C@H](c2ccc([N+](=O)[O-])cc2)N1. The summed E-state index contributed by atoms with van der Waals surface area (Å²) in [5.74, 6) is -0.806. The quantitative estimate of drug-likeness (QED) is 0.263. The molecule has 0 saturated heterocycles. The molecule has 0 fully saturated rings. The number of ether oxygens (including phenoxy) is 1. The van der Waals surface area contributed by atoms with Crippen LogP contribution in [0, 0.1) is 17.0 Å². The molecule has 166 valence electrons. The van der Waals surface area contributed by atoms with Gasteiger partial charge >= 0.3 is 5.97 Å². The van der Waals surface area contributed by atoms with Crippen LogP contribution in [0.2, 0.25) is 0 Å². The van der Waals surface area contributed by atoms with Crippen molar-refractivity contribution in [3.8, 4) is 0 Å². The number of hydrogen-bond donors (Lipinski definition) is 1. The molecule has 7 nitrogen and oxygen atoms in total. The van der Waals surface area contributed by atoms with Gasteiger partial charge in [-0.1, -0.05) is 72.3 Å². The molecule has 1 aliphatic heterocycles. The number of ketones is 1. The maximum absolute atomic E-state index is 13.6. The molecular formula is C26H22N2O5. The van der Waals surface area contributed by atoms with E-state index in [0.29, 0.717) is 22.3 Å². The Morgan fingerprint density at radius 2 is 1.61 bits per heavy atom. The lowest BCUT2D eigenvalue weighted by molar-refractivity contribution is -0.384. The van der Waals surface area contributed by atoms with Crippen LogP contribution < -0.4 is 5.32 Å². The van der Waals surface area contributed by atoms with Gasteiger partial charge in [-0.15, -0.1) is 0 Å². The fraction of sp³-hybridized carbons (Fsp3) is 0.154. The van der Waals surface area contributed by atoms with E-state index in [1.807, 2.05) is 25.1 Å². The third-order valence-electron chi connectivity index (χ3n) is 5.80. The fourth-order valence-electron chi connectivity index (χ4n) is 4.05. The molecule has 1 heterocycles. The number of carbonyl (C=O) groups is 2. The second-order valence-electron chi connectivity index (χ2n) is 7.89. The molecule has 7 heteroatoms. The molecule has 0 unspecified atom stereocenters. The van der Waals surface area contributed by atoms with Crippen LogP contribution in [0.1, 0.15) is 33.1 Å². The van der Waals surface area contributed by atoms with Gasteiger partial charge in [0.05, 0.1) is 18.1 Å². The largest absolute Gasteiger partial charge is 0.467 e. The number of nitrogens with one attached hydrogen (secondary N) is 1. The molecular weight excluding hydrogens is 420 g/mol. The first kappa shape index (κ1) is 22.1. The number of benzene rings is 3. The van der Waals surface area contributed by atoms with Crippen LogP contribution in [0.25, 0.3) is 0 Å². The standard InChI is InChI=1S/C26H22N2O5/c1-17-8-10-19(11-9-17)24(29)22-16-26(25(30)33-2,20-6-4-3-5-7-20)27-23(22)18-12-14-21(15-13-18)28(31)32/h3-16,23,27H,1-2H3/t23-,26+/m0/s1. The van der Waals surface area contributed by atoms with Crippen molar-refractivity contribution in [3.05, 3.63) is 123 Å². The molecule has 0 radical (unpaired) electrons. The highest BCUT2D eigenvalue weighted by Gasteiger charge is 2.48. The monoisotopic (exact) mass is 442 g/mol. The van der Waals surface area contributed by atoms with Crippen LogP contribution in [0.15, 0.2) is 90.5 Å². The van der Waals surface area contributed by atoms with E-state index in [2.05, 4.69) is 5.32 Å². The Bertz CT molecular complexity index is 1230. The Balaban J connectivity index is 1.87. The van der Waals surface area contributed by atoms with Gasteiger partial charge in [0.15, 0.2) is 11.3 Å². The molecule has 1 aliphatic rings. The lowest BCUT2D eigenvalue weighted by Gasteiger charge is -2.28. The van der Waals surface area contributed by atoms with Gasteiger partial charge in [0.2, 0.25) is 0 Å². The van der Waals surface area contributed by atoms with Gasteiger partial charge in [-0.2, -0.15) is 0 Å². The summed E-state index contributed by atoms with van der Waals surface area (Å²) >= 11 is 0. The van der Waals surface area contributed by atoms with Crippen molar-refractivity contribution in [1.29, 1.82) is 0 Å². The molecule has 3 aromatic carbocycles. The summed E-state index contributed by atoms with van der Waals surface area (Å²) in [4.78, 5) is 37.3. The summed E-state index contributed by atoms with van der Waals surface area (Å²) in [5.41, 5.74) is 1.65. The van der Waals surface area contributed by atoms with Gasteiger partial charge in [-0.05, 0) is 24.1 Å². The maximum atomic E-state index is 13.6.